The van der Waals surface area contributed by atoms with Gasteiger partial charge in [0.1, 0.15) is 5.60 Å². The van der Waals surface area contributed by atoms with Crippen LogP contribution in [0.5, 0.6) is 0 Å². The predicted molar refractivity (Wildman–Crippen MR) is 71.9 cm³/mol. The number of benzene rings is 1. The molecule has 0 saturated carbocycles. The molecule has 0 radical (unpaired) electrons. The zero-order valence-corrected chi connectivity index (χ0v) is 12.2. The molecule has 0 aliphatic heterocycles. The second kappa shape index (κ2) is 5.93. The number of hydrogen-bond acceptors (Lipinski definition) is 3. The van der Waals surface area contributed by atoms with Crippen molar-refractivity contribution < 1.29 is 27.8 Å². The van der Waals surface area contributed by atoms with E-state index in [2.05, 4.69) is 5.32 Å². The van der Waals surface area contributed by atoms with Crippen molar-refractivity contribution >= 4 is 11.8 Å². The molecule has 0 spiro atoms. The first-order valence-electron chi connectivity index (χ1n) is 6.29. The van der Waals surface area contributed by atoms with Crippen molar-refractivity contribution in [3.05, 3.63) is 29.3 Å². The van der Waals surface area contributed by atoms with E-state index in [0.717, 1.165) is 18.2 Å². The van der Waals surface area contributed by atoms with Crippen LogP contribution in [0.1, 0.15) is 44.9 Å². The van der Waals surface area contributed by atoms with Crippen molar-refractivity contribution in [1.82, 2.24) is 0 Å². The largest absolute Gasteiger partial charge is 0.444 e. The maximum atomic E-state index is 12.7. The van der Waals surface area contributed by atoms with Crippen molar-refractivity contribution in [3.8, 4) is 0 Å². The molecule has 0 bridgehead atoms. The number of anilines is 1. The van der Waals surface area contributed by atoms with Crippen LogP contribution >= 0.6 is 0 Å². The van der Waals surface area contributed by atoms with Crippen LogP contribution in [0.3, 0.4) is 0 Å². The van der Waals surface area contributed by atoms with Gasteiger partial charge in [-0.25, -0.2) is 4.79 Å². The van der Waals surface area contributed by atoms with E-state index in [1.165, 1.54) is 6.92 Å². The maximum absolute atomic E-state index is 12.7. The molecule has 1 amide bonds. The maximum Gasteiger partial charge on any atom is 0.416 e. The number of halogens is 3. The fourth-order valence-corrected chi connectivity index (χ4v) is 1.62. The number of amides is 1. The monoisotopic (exact) mass is 305 g/mol. The molecule has 0 heterocycles. The summed E-state index contributed by atoms with van der Waals surface area (Å²) in [5, 5.41) is 11.8. The van der Waals surface area contributed by atoms with Gasteiger partial charge in [-0.15, -0.1) is 0 Å². The van der Waals surface area contributed by atoms with E-state index in [-0.39, 0.29) is 11.3 Å². The molecule has 1 aromatic rings. The van der Waals surface area contributed by atoms with Crippen LogP contribution in [0, 0.1) is 0 Å². The lowest BCUT2D eigenvalue weighted by molar-refractivity contribution is -0.137. The number of rotatable bonds is 2. The second-order valence-electron chi connectivity index (χ2n) is 5.60. The highest BCUT2D eigenvalue weighted by molar-refractivity contribution is 5.86. The van der Waals surface area contributed by atoms with Crippen LogP contribution in [0.25, 0.3) is 0 Å². The van der Waals surface area contributed by atoms with Gasteiger partial charge in [-0.2, -0.15) is 13.2 Å². The average molecular weight is 305 g/mol. The first-order valence-corrected chi connectivity index (χ1v) is 6.29. The van der Waals surface area contributed by atoms with Gasteiger partial charge in [0.25, 0.3) is 0 Å². The van der Waals surface area contributed by atoms with Crippen molar-refractivity contribution in [1.29, 1.82) is 0 Å². The Kier molecular flexibility index (Phi) is 4.88. The topological polar surface area (TPSA) is 58.6 Å². The molecule has 1 rings (SSSR count). The number of alkyl halides is 3. The summed E-state index contributed by atoms with van der Waals surface area (Å²) in [7, 11) is 0. The molecule has 2 N–H and O–H groups in total. The van der Waals surface area contributed by atoms with Gasteiger partial charge in [-0.3, -0.25) is 5.32 Å². The zero-order chi connectivity index (χ0) is 16.4. The van der Waals surface area contributed by atoms with E-state index < -0.39 is 29.5 Å². The SMILES string of the molecule is C[C@H](O)c1ccc(C(F)(F)F)cc1NC(=O)OC(C)(C)C. The lowest BCUT2D eigenvalue weighted by Crippen LogP contribution is -2.27. The highest BCUT2D eigenvalue weighted by Crippen LogP contribution is 2.34. The number of nitrogens with one attached hydrogen (secondary N) is 1. The van der Waals surface area contributed by atoms with Crippen LogP contribution in [0.2, 0.25) is 0 Å². The first kappa shape index (κ1) is 17.3. The summed E-state index contributed by atoms with van der Waals surface area (Å²) >= 11 is 0. The van der Waals surface area contributed by atoms with E-state index in [1.54, 1.807) is 20.8 Å². The number of carbonyl (C=O) groups is 1. The summed E-state index contributed by atoms with van der Waals surface area (Å²) in [5.74, 6) is 0. The third-order valence-electron chi connectivity index (χ3n) is 2.47. The number of carbonyl (C=O) groups excluding carboxylic acids is 1. The Morgan fingerprint density at radius 2 is 1.86 bits per heavy atom. The van der Waals surface area contributed by atoms with Crippen LogP contribution in [0.15, 0.2) is 18.2 Å². The van der Waals surface area contributed by atoms with E-state index in [9.17, 15) is 23.1 Å². The molecule has 0 aromatic heterocycles. The number of aliphatic hydroxyl groups excluding tert-OH is 1. The van der Waals surface area contributed by atoms with Crippen LogP contribution in [-0.2, 0) is 10.9 Å². The smallest absolute Gasteiger partial charge is 0.416 e. The van der Waals surface area contributed by atoms with E-state index in [4.69, 9.17) is 4.74 Å². The Balaban J connectivity index is 3.10. The Hall–Kier alpha value is -1.76. The minimum absolute atomic E-state index is 0.130. The van der Waals surface area contributed by atoms with Gasteiger partial charge in [-0.1, -0.05) is 6.07 Å². The predicted octanol–water partition coefficient (Wildman–Crippen LogP) is 4.11. The normalized spacial score (nSPS) is 13.7. The number of ether oxygens (including phenoxy) is 1. The van der Waals surface area contributed by atoms with Gasteiger partial charge < -0.3 is 9.84 Å². The first-order chi connectivity index (χ1) is 9.40. The van der Waals surface area contributed by atoms with Gasteiger partial charge in [0.2, 0.25) is 0 Å². The molecule has 21 heavy (non-hydrogen) atoms. The summed E-state index contributed by atoms with van der Waals surface area (Å²) in [6.07, 6.45) is -6.46. The van der Waals surface area contributed by atoms with Crippen molar-refractivity contribution in [2.24, 2.45) is 0 Å². The highest BCUT2D eigenvalue weighted by Gasteiger charge is 2.31. The van der Waals surface area contributed by atoms with Crippen LogP contribution < -0.4 is 5.32 Å². The minimum Gasteiger partial charge on any atom is -0.444 e. The van der Waals surface area contributed by atoms with Crippen LogP contribution in [0.4, 0.5) is 23.7 Å². The molecular weight excluding hydrogens is 287 g/mol. The lowest BCUT2D eigenvalue weighted by atomic mass is 10.0. The minimum atomic E-state index is -4.54. The van der Waals surface area contributed by atoms with E-state index >= 15 is 0 Å². The van der Waals surface area contributed by atoms with Crippen molar-refractivity contribution in [2.45, 2.75) is 45.6 Å². The summed E-state index contributed by atoms with van der Waals surface area (Å²) in [6.45, 7) is 6.29. The van der Waals surface area contributed by atoms with Gasteiger partial charge in [0, 0.05) is 5.56 Å². The van der Waals surface area contributed by atoms with Gasteiger partial charge in [0.05, 0.1) is 17.4 Å². The zero-order valence-electron chi connectivity index (χ0n) is 12.2. The standard InChI is InChI=1S/C14H18F3NO3/c1-8(19)10-6-5-9(14(15,16)17)7-11(10)18-12(20)21-13(2,3)4/h5-8,19H,1-4H3,(H,18,20)/t8-/m0/s1. The Morgan fingerprint density at radius 3 is 2.29 bits per heavy atom. The highest BCUT2D eigenvalue weighted by atomic mass is 19.4. The van der Waals surface area contributed by atoms with E-state index in [1.807, 2.05) is 0 Å². The summed E-state index contributed by atoms with van der Waals surface area (Å²) in [5.41, 5.74) is -1.66. The fourth-order valence-electron chi connectivity index (χ4n) is 1.62. The van der Waals surface area contributed by atoms with Gasteiger partial charge in [0.15, 0.2) is 0 Å². The molecule has 0 unspecified atom stereocenters. The Morgan fingerprint density at radius 1 is 1.29 bits per heavy atom. The third kappa shape index (κ3) is 5.26. The molecule has 0 fully saturated rings. The summed E-state index contributed by atoms with van der Waals surface area (Å²) in [4.78, 5) is 11.7. The molecule has 0 aliphatic carbocycles. The number of aliphatic hydroxyl groups is 1. The third-order valence-corrected chi connectivity index (χ3v) is 2.47. The molecule has 1 aromatic carbocycles. The van der Waals surface area contributed by atoms with Gasteiger partial charge in [-0.05, 0) is 39.8 Å². The molecule has 4 nitrogen and oxygen atoms in total. The molecule has 7 heteroatoms. The van der Waals surface area contributed by atoms with Crippen LogP contribution in [-0.4, -0.2) is 16.8 Å². The molecule has 0 saturated heterocycles. The lowest BCUT2D eigenvalue weighted by Gasteiger charge is -2.21. The molecular formula is C14H18F3NO3. The molecule has 118 valence electrons. The quantitative estimate of drug-likeness (QED) is 0.864. The Bertz CT molecular complexity index is 519. The van der Waals surface area contributed by atoms with Gasteiger partial charge >= 0.3 is 12.3 Å². The molecule has 1 atom stereocenters. The van der Waals surface area contributed by atoms with Crippen molar-refractivity contribution in [2.75, 3.05) is 5.32 Å². The summed E-state index contributed by atoms with van der Waals surface area (Å²) < 4.78 is 43.1. The fraction of sp³-hybridized carbons (Fsp3) is 0.500. The average Bonchev–Trinajstić information content (AvgIpc) is 2.24. The number of hydrogen-bond donors (Lipinski definition) is 2. The Labute approximate surface area is 120 Å². The molecule has 0 aliphatic rings. The summed E-state index contributed by atoms with van der Waals surface area (Å²) in [6, 6.07) is 2.74. The van der Waals surface area contributed by atoms with E-state index in [0.29, 0.717) is 0 Å². The second-order valence-corrected chi connectivity index (χ2v) is 5.60. The van der Waals surface area contributed by atoms with Crippen molar-refractivity contribution in [3.63, 3.8) is 0 Å².